The van der Waals surface area contributed by atoms with Crippen LogP contribution in [0.25, 0.3) is 0 Å². The van der Waals surface area contributed by atoms with Crippen molar-refractivity contribution in [1.82, 2.24) is 4.72 Å². The van der Waals surface area contributed by atoms with Crippen molar-refractivity contribution in [2.75, 3.05) is 5.32 Å². The maximum atomic E-state index is 13.7. The van der Waals surface area contributed by atoms with Crippen LogP contribution in [0, 0.1) is 5.82 Å². The monoisotopic (exact) mass is 424 g/mol. The first-order valence-corrected chi connectivity index (χ1v) is 9.22. The minimum Gasteiger partial charge on any atom is -0.322 e. The first-order valence-electron chi connectivity index (χ1n) is 7.36. The largest absolute Gasteiger partial charge is 0.417 e. The van der Waals surface area contributed by atoms with E-state index in [9.17, 15) is 30.8 Å². The van der Waals surface area contributed by atoms with E-state index in [0.717, 1.165) is 37.3 Å². The predicted molar refractivity (Wildman–Crippen MR) is 91.3 cm³/mol. The van der Waals surface area contributed by atoms with Gasteiger partial charge in [0.2, 0.25) is 15.9 Å². The molecule has 11 heteroatoms. The lowest BCUT2D eigenvalue weighted by molar-refractivity contribution is -0.139. The number of nitrogens with one attached hydrogen (secondary N) is 2. The normalized spacial score (nSPS) is 13.3. The van der Waals surface area contributed by atoms with Crippen LogP contribution in [0.3, 0.4) is 0 Å². The molecule has 1 atom stereocenters. The third-order valence-corrected chi connectivity index (χ3v) is 5.23. The molecule has 0 aliphatic carbocycles. The Morgan fingerprint density at radius 2 is 1.78 bits per heavy atom. The first kappa shape index (κ1) is 21.1. The summed E-state index contributed by atoms with van der Waals surface area (Å²) in [5.74, 6) is -1.82. The van der Waals surface area contributed by atoms with E-state index < -0.39 is 44.4 Å². The Labute approximate surface area is 157 Å². The van der Waals surface area contributed by atoms with Crippen molar-refractivity contribution < 1.29 is 30.8 Å². The molecule has 27 heavy (non-hydrogen) atoms. The summed E-state index contributed by atoms with van der Waals surface area (Å²) in [5, 5.41) is 2.22. The fourth-order valence-corrected chi connectivity index (χ4v) is 3.71. The highest BCUT2D eigenvalue weighted by atomic mass is 35.5. The van der Waals surface area contributed by atoms with Gasteiger partial charge in [-0.1, -0.05) is 23.7 Å². The zero-order chi connectivity index (χ0) is 20.4. The number of carbonyl (C=O) groups is 1. The van der Waals surface area contributed by atoms with Gasteiger partial charge in [-0.3, -0.25) is 4.79 Å². The second-order valence-corrected chi connectivity index (χ2v) is 7.57. The van der Waals surface area contributed by atoms with Gasteiger partial charge in [-0.15, -0.1) is 0 Å². The number of alkyl halides is 3. The quantitative estimate of drug-likeness (QED) is 0.717. The lowest BCUT2D eigenvalue weighted by Gasteiger charge is -2.17. The van der Waals surface area contributed by atoms with Gasteiger partial charge in [0.25, 0.3) is 0 Å². The molecule has 2 aromatic carbocycles. The lowest BCUT2D eigenvalue weighted by atomic mass is 10.2. The summed E-state index contributed by atoms with van der Waals surface area (Å²) in [5.41, 5.74) is -1.63. The Balaban J connectivity index is 2.21. The summed E-state index contributed by atoms with van der Waals surface area (Å²) in [6.07, 6.45) is -4.90. The third-order valence-electron chi connectivity index (χ3n) is 3.40. The Bertz CT molecular complexity index is 964. The number of sulfonamides is 1. The van der Waals surface area contributed by atoms with Crippen LogP contribution >= 0.6 is 11.6 Å². The van der Waals surface area contributed by atoms with E-state index in [0.29, 0.717) is 6.07 Å². The van der Waals surface area contributed by atoms with Crippen LogP contribution in [0.2, 0.25) is 5.02 Å². The molecule has 5 nitrogen and oxygen atoms in total. The average Bonchev–Trinajstić information content (AvgIpc) is 2.56. The van der Waals surface area contributed by atoms with Crippen LogP contribution in [-0.4, -0.2) is 20.4 Å². The molecule has 0 fully saturated rings. The van der Waals surface area contributed by atoms with Gasteiger partial charge < -0.3 is 5.32 Å². The molecule has 2 aromatic rings. The second-order valence-electron chi connectivity index (χ2n) is 5.45. The Morgan fingerprint density at radius 1 is 1.15 bits per heavy atom. The predicted octanol–water partition coefficient (Wildman–Crippen LogP) is 3.80. The summed E-state index contributed by atoms with van der Waals surface area (Å²) in [6, 6.07) is 5.47. The minimum absolute atomic E-state index is 0.0861. The van der Waals surface area contributed by atoms with Gasteiger partial charge in [-0.2, -0.15) is 17.9 Å². The van der Waals surface area contributed by atoms with E-state index in [1.807, 2.05) is 4.72 Å². The molecular formula is C16H13ClF4N2O3S. The molecule has 0 saturated carbocycles. The van der Waals surface area contributed by atoms with E-state index in [-0.39, 0.29) is 10.7 Å². The number of amides is 1. The highest BCUT2D eigenvalue weighted by Crippen LogP contribution is 2.33. The molecule has 2 rings (SSSR count). The average molecular weight is 425 g/mol. The smallest absolute Gasteiger partial charge is 0.322 e. The number of carbonyl (C=O) groups excluding carboxylic acids is 1. The molecule has 0 aromatic heterocycles. The number of hydrogen-bond acceptors (Lipinski definition) is 3. The van der Waals surface area contributed by atoms with Crippen LogP contribution in [-0.2, 0) is 21.0 Å². The third kappa shape index (κ3) is 5.18. The lowest BCUT2D eigenvalue weighted by Crippen LogP contribution is -2.42. The molecule has 146 valence electrons. The van der Waals surface area contributed by atoms with E-state index in [2.05, 4.69) is 5.32 Å². The molecule has 2 N–H and O–H groups in total. The van der Waals surface area contributed by atoms with Gasteiger partial charge in [0, 0.05) is 5.02 Å². The zero-order valence-electron chi connectivity index (χ0n) is 13.6. The van der Waals surface area contributed by atoms with Gasteiger partial charge in [0.05, 0.1) is 22.2 Å². The Kier molecular flexibility index (Phi) is 6.13. The van der Waals surface area contributed by atoms with Crippen LogP contribution in [0.5, 0.6) is 0 Å². The molecular weight excluding hydrogens is 412 g/mol. The molecule has 0 aliphatic heterocycles. The van der Waals surface area contributed by atoms with Crippen LogP contribution in [0.15, 0.2) is 47.4 Å². The number of rotatable bonds is 5. The molecule has 0 radical (unpaired) electrons. The van der Waals surface area contributed by atoms with Gasteiger partial charge >= 0.3 is 6.18 Å². The van der Waals surface area contributed by atoms with E-state index in [1.54, 1.807) is 0 Å². The number of halogens is 5. The van der Waals surface area contributed by atoms with Crippen molar-refractivity contribution in [3.05, 3.63) is 58.9 Å². The summed E-state index contributed by atoms with van der Waals surface area (Å²) in [7, 11) is -4.67. The maximum absolute atomic E-state index is 13.7. The van der Waals surface area contributed by atoms with E-state index in [1.165, 1.54) is 6.07 Å². The molecule has 0 unspecified atom stereocenters. The molecule has 0 saturated heterocycles. The molecule has 0 bridgehead atoms. The minimum atomic E-state index is -4.90. The summed E-state index contributed by atoms with van der Waals surface area (Å²) < 4.78 is 79.2. The van der Waals surface area contributed by atoms with Crippen molar-refractivity contribution in [2.45, 2.75) is 24.0 Å². The standard InChI is InChI=1S/C16H13ClF4N2O3S/c1-9(15(24)22-13-7-6-10(17)8-12(13)18)23-27(25,26)14-5-3-2-4-11(14)16(19,20)21/h2-9,23H,1H3,(H,22,24)/t9-/m0/s1. The second kappa shape index (κ2) is 7.83. The van der Waals surface area contributed by atoms with Crippen molar-refractivity contribution in [1.29, 1.82) is 0 Å². The summed E-state index contributed by atoms with van der Waals surface area (Å²) in [6.45, 7) is 1.11. The Hall–Kier alpha value is -2.17. The number of anilines is 1. The van der Waals surface area contributed by atoms with Gasteiger partial charge in [0.1, 0.15) is 5.82 Å². The van der Waals surface area contributed by atoms with Crippen molar-refractivity contribution in [3.8, 4) is 0 Å². The van der Waals surface area contributed by atoms with Crippen LogP contribution in [0.4, 0.5) is 23.2 Å². The molecule has 0 aliphatic rings. The van der Waals surface area contributed by atoms with Gasteiger partial charge in [-0.05, 0) is 37.3 Å². The van der Waals surface area contributed by atoms with Crippen LogP contribution in [0.1, 0.15) is 12.5 Å². The molecule has 1 amide bonds. The SMILES string of the molecule is C[C@H](NS(=O)(=O)c1ccccc1C(F)(F)F)C(=O)Nc1ccc(Cl)cc1F. The highest BCUT2D eigenvalue weighted by Gasteiger charge is 2.37. The van der Waals surface area contributed by atoms with Crippen molar-refractivity contribution in [2.24, 2.45) is 0 Å². The van der Waals surface area contributed by atoms with Crippen LogP contribution < -0.4 is 10.0 Å². The highest BCUT2D eigenvalue weighted by molar-refractivity contribution is 7.89. The topological polar surface area (TPSA) is 75.3 Å². The molecule has 0 spiro atoms. The maximum Gasteiger partial charge on any atom is 0.417 e. The summed E-state index contributed by atoms with van der Waals surface area (Å²) >= 11 is 5.59. The van der Waals surface area contributed by atoms with E-state index >= 15 is 0 Å². The first-order chi connectivity index (χ1) is 12.4. The van der Waals surface area contributed by atoms with E-state index in [4.69, 9.17) is 11.6 Å². The fourth-order valence-electron chi connectivity index (χ4n) is 2.12. The van der Waals surface area contributed by atoms with Crippen molar-refractivity contribution >= 4 is 33.2 Å². The fraction of sp³-hybridized carbons (Fsp3) is 0.188. The van der Waals surface area contributed by atoms with Gasteiger partial charge in [0.15, 0.2) is 0 Å². The van der Waals surface area contributed by atoms with Crippen molar-refractivity contribution in [3.63, 3.8) is 0 Å². The number of benzene rings is 2. The zero-order valence-corrected chi connectivity index (χ0v) is 15.2. The number of hydrogen-bond donors (Lipinski definition) is 2. The summed E-state index contributed by atoms with van der Waals surface area (Å²) in [4.78, 5) is 11.1. The Morgan fingerprint density at radius 3 is 2.37 bits per heavy atom. The van der Waals surface area contributed by atoms with Gasteiger partial charge in [-0.25, -0.2) is 12.8 Å². The molecule has 0 heterocycles.